The Morgan fingerprint density at radius 3 is 1.76 bits per heavy atom. The van der Waals surface area contributed by atoms with E-state index in [1.165, 1.54) is 55.3 Å². The Balaban J connectivity index is 1.17. The van der Waals surface area contributed by atoms with Crippen LogP contribution in [0.15, 0.2) is 224 Å². The molecule has 0 radical (unpaired) electrons. The molecular weight excluding hydrogens is 715 g/mol. The summed E-state index contributed by atoms with van der Waals surface area (Å²) in [7, 11) is 0. The number of nitrogens with zero attached hydrogens (tertiary/aromatic N) is 1. The Kier molecular flexibility index (Phi) is 7.48. The van der Waals surface area contributed by atoms with Crippen LogP contribution in [0.25, 0.3) is 54.9 Å². The van der Waals surface area contributed by atoms with Crippen LogP contribution in [0.1, 0.15) is 22.3 Å². The van der Waals surface area contributed by atoms with E-state index in [2.05, 4.69) is 229 Å². The Morgan fingerprint density at radius 2 is 0.915 bits per heavy atom. The van der Waals surface area contributed by atoms with Gasteiger partial charge < -0.3 is 9.64 Å². The molecule has 2 nitrogen and oxygen atoms in total. The zero-order chi connectivity index (χ0) is 38.9. The lowest BCUT2D eigenvalue weighted by atomic mass is 9.65. The zero-order valence-electron chi connectivity index (χ0n) is 32.2. The molecule has 276 valence electrons. The monoisotopic (exact) mass is 751 g/mol. The fraction of sp³-hybridized carbons (Fsp3) is 0.0175. The summed E-state index contributed by atoms with van der Waals surface area (Å²) in [6.45, 7) is 0. The van der Waals surface area contributed by atoms with Gasteiger partial charge in [-0.1, -0.05) is 194 Å². The number of fused-ring (bicyclic) bond motifs is 12. The van der Waals surface area contributed by atoms with Crippen molar-refractivity contribution in [1.29, 1.82) is 0 Å². The smallest absolute Gasteiger partial charge is 0.140 e. The summed E-state index contributed by atoms with van der Waals surface area (Å²) in [5, 5.41) is 4.73. The van der Waals surface area contributed by atoms with Crippen LogP contribution in [-0.2, 0) is 5.41 Å². The molecule has 59 heavy (non-hydrogen) atoms. The van der Waals surface area contributed by atoms with Crippen LogP contribution in [0.5, 0.6) is 11.5 Å². The highest BCUT2D eigenvalue weighted by Crippen LogP contribution is 2.65. The van der Waals surface area contributed by atoms with Gasteiger partial charge in [-0.3, -0.25) is 0 Å². The molecule has 10 aromatic carbocycles. The van der Waals surface area contributed by atoms with E-state index in [4.69, 9.17) is 4.74 Å². The second-order valence-corrected chi connectivity index (χ2v) is 15.5. The van der Waals surface area contributed by atoms with Crippen LogP contribution in [-0.4, -0.2) is 0 Å². The summed E-state index contributed by atoms with van der Waals surface area (Å²) in [6, 6.07) is 81.7. The van der Waals surface area contributed by atoms with E-state index in [-0.39, 0.29) is 0 Å². The van der Waals surface area contributed by atoms with Crippen molar-refractivity contribution in [2.75, 3.05) is 4.90 Å². The fourth-order valence-corrected chi connectivity index (χ4v) is 10.0. The first-order valence-corrected chi connectivity index (χ1v) is 20.3. The second-order valence-electron chi connectivity index (χ2n) is 15.5. The van der Waals surface area contributed by atoms with Gasteiger partial charge in [0.15, 0.2) is 0 Å². The number of anilines is 3. The maximum atomic E-state index is 6.96. The van der Waals surface area contributed by atoms with Gasteiger partial charge in [0, 0.05) is 33.3 Å². The molecule has 1 heterocycles. The number of ether oxygens (including phenoxy) is 1. The third-order valence-electron chi connectivity index (χ3n) is 12.5. The second kappa shape index (κ2) is 13.2. The van der Waals surface area contributed by atoms with E-state index in [0.29, 0.717) is 0 Å². The number of hydrogen-bond acceptors (Lipinski definition) is 2. The average Bonchev–Trinajstić information content (AvgIpc) is 3.60. The van der Waals surface area contributed by atoms with Gasteiger partial charge in [-0.05, 0) is 79.9 Å². The first-order chi connectivity index (χ1) is 29.3. The maximum absolute atomic E-state index is 6.96. The van der Waals surface area contributed by atoms with E-state index in [9.17, 15) is 0 Å². The topological polar surface area (TPSA) is 12.5 Å². The van der Waals surface area contributed by atoms with Gasteiger partial charge in [0.05, 0.1) is 16.8 Å². The van der Waals surface area contributed by atoms with Crippen molar-refractivity contribution in [3.8, 4) is 44.9 Å². The summed E-state index contributed by atoms with van der Waals surface area (Å²) in [6.07, 6.45) is 0. The molecule has 2 heteroatoms. The Labute approximate surface area is 343 Å². The summed E-state index contributed by atoms with van der Waals surface area (Å²) < 4.78 is 6.96. The molecule has 0 fully saturated rings. The number of hydrogen-bond donors (Lipinski definition) is 0. The fourth-order valence-electron chi connectivity index (χ4n) is 10.0. The third kappa shape index (κ3) is 4.93. The van der Waals surface area contributed by atoms with Crippen molar-refractivity contribution < 1.29 is 4.74 Å². The minimum atomic E-state index is -0.617. The van der Waals surface area contributed by atoms with Crippen LogP contribution in [0, 0.1) is 0 Å². The first-order valence-electron chi connectivity index (χ1n) is 20.3. The van der Waals surface area contributed by atoms with Gasteiger partial charge in [0.1, 0.15) is 11.5 Å². The Hall–Kier alpha value is -7.68. The number of para-hydroxylation sites is 2. The van der Waals surface area contributed by atoms with Crippen LogP contribution < -0.4 is 9.64 Å². The largest absolute Gasteiger partial charge is 0.456 e. The molecule has 0 saturated carbocycles. The van der Waals surface area contributed by atoms with Crippen molar-refractivity contribution in [3.05, 3.63) is 247 Å². The van der Waals surface area contributed by atoms with Gasteiger partial charge in [0.2, 0.25) is 0 Å². The molecule has 0 bridgehead atoms. The minimum Gasteiger partial charge on any atom is -0.456 e. The molecule has 10 aromatic rings. The molecule has 0 saturated heterocycles. The van der Waals surface area contributed by atoms with Crippen molar-refractivity contribution in [1.82, 2.24) is 0 Å². The molecule has 0 N–H and O–H groups in total. The highest BCUT2D eigenvalue weighted by Gasteiger charge is 2.52. The SMILES string of the molecule is c1ccc(-c2ccc(N(c3ccccc3-c3cccc4ccccc34)c3cccc4c3-c3ccccc3C43c4ccccc4Oc4c3ccc3ccccc43)cc2)cc1. The van der Waals surface area contributed by atoms with Crippen molar-refractivity contribution in [3.63, 3.8) is 0 Å². The van der Waals surface area contributed by atoms with Crippen LogP contribution in [0.4, 0.5) is 17.1 Å². The van der Waals surface area contributed by atoms with E-state index in [1.807, 2.05) is 0 Å². The molecule has 12 rings (SSSR count). The molecule has 0 aromatic heterocycles. The van der Waals surface area contributed by atoms with Crippen molar-refractivity contribution >= 4 is 38.6 Å². The summed E-state index contributed by atoms with van der Waals surface area (Å²) >= 11 is 0. The van der Waals surface area contributed by atoms with Crippen LogP contribution in [0.3, 0.4) is 0 Å². The first kappa shape index (κ1) is 33.5. The quantitative estimate of drug-likeness (QED) is 0.174. The Bertz CT molecular complexity index is 3250. The third-order valence-corrected chi connectivity index (χ3v) is 12.5. The van der Waals surface area contributed by atoms with E-state index in [0.717, 1.165) is 50.5 Å². The normalized spacial score (nSPS) is 14.6. The lowest BCUT2D eigenvalue weighted by molar-refractivity contribution is 0.441. The van der Waals surface area contributed by atoms with Crippen molar-refractivity contribution in [2.45, 2.75) is 5.41 Å². The van der Waals surface area contributed by atoms with Gasteiger partial charge in [-0.2, -0.15) is 0 Å². The van der Waals surface area contributed by atoms with Gasteiger partial charge in [0.25, 0.3) is 0 Å². The van der Waals surface area contributed by atoms with E-state index >= 15 is 0 Å². The minimum absolute atomic E-state index is 0.617. The zero-order valence-corrected chi connectivity index (χ0v) is 32.2. The van der Waals surface area contributed by atoms with E-state index in [1.54, 1.807) is 0 Å². The summed E-state index contributed by atoms with van der Waals surface area (Å²) in [4.78, 5) is 2.49. The molecule has 0 amide bonds. The predicted molar refractivity (Wildman–Crippen MR) is 244 cm³/mol. The van der Waals surface area contributed by atoms with Gasteiger partial charge >= 0.3 is 0 Å². The lowest BCUT2D eigenvalue weighted by Crippen LogP contribution is -2.32. The maximum Gasteiger partial charge on any atom is 0.140 e. The molecule has 1 spiro atoms. The standard InChI is InChI=1S/C57H37NO/c1-2-16-38(17-3-1)39-32-35-42(36-33-39)58(52-29-12-9-23-46(52)45-25-14-20-40-18-4-6-21-43(40)45)53-30-15-28-50-55(53)47-24-8-10-26-48(47)57(50)49-27-11-13-31-54(49)59-56-44-22-7-5-19-41(44)34-37-51(56)57/h1-37H. The molecular formula is C57H37NO. The predicted octanol–water partition coefficient (Wildman–Crippen LogP) is 15.3. The molecule has 1 unspecified atom stereocenters. The van der Waals surface area contributed by atoms with Gasteiger partial charge in [-0.15, -0.1) is 0 Å². The number of benzene rings is 10. The van der Waals surface area contributed by atoms with Crippen molar-refractivity contribution in [2.24, 2.45) is 0 Å². The van der Waals surface area contributed by atoms with E-state index < -0.39 is 5.41 Å². The molecule has 2 aliphatic rings. The van der Waals surface area contributed by atoms with Gasteiger partial charge in [-0.25, -0.2) is 0 Å². The summed E-state index contributed by atoms with van der Waals surface area (Å²) in [5.74, 6) is 1.81. The summed E-state index contributed by atoms with van der Waals surface area (Å²) in [5.41, 5.74) is 14.7. The lowest BCUT2D eigenvalue weighted by Gasteiger charge is -2.40. The number of rotatable bonds is 5. The highest BCUT2D eigenvalue weighted by molar-refractivity contribution is 6.05. The van der Waals surface area contributed by atoms with Crippen LogP contribution >= 0.6 is 0 Å². The molecule has 1 aliphatic heterocycles. The highest BCUT2D eigenvalue weighted by atomic mass is 16.5. The Morgan fingerprint density at radius 1 is 0.339 bits per heavy atom. The molecule has 1 aliphatic carbocycles. The molecule has 1 atom stereocenters. The van der Waals surface area contributed by atoms with Crippen LogP contribution in [0.2, 0.25) is 0 Å². The average molecular weight is 752 g/mol.